The minimum atomic E-state index is -4.27. The molecule has 0 aliphatic heterocycles. The fourth-order valence-electron chi connectivity index (χ4n) is 2.64. The molecule has 0 bridgehead atoms. The van der Waals surface area contributed by atoms with Gasteiger partial charge in [0.2, 0.25) is 0 Å². The second-order valence-electron chi connectivity index (χ2n) is 5.20. The fraction of sp³-hybridized carbons (Fsp3) is 0.500. The predicted molar refractivity (Wildman–Crippen MR) is 66.6 cm³/mol. The number of halogens is 4. The van der Waals surface area contributed by atoms with Crippen molar-refractivity contribution in [1.82, 2.24) is 0 Å². The third-order valence-corrected chi connectivity index (χ3v) is 3.79. The lowest BCUT2D eigenvalue weighted by Crippen LogP contribution is -2.31. The predicted octanol–water partition coefficient (Wildman–Crippen LogP) is 3.96. The van der Waals surface area contributed by atoms with Crippen molar-refractivity contribution in [2.24, 2.45) is 11.8 Å². The minimum Gasteiger partial charge on any atom is -0.396 e. The van der Waals surface area contributed by atoms with Crippen LogP contribution in [0.5, 0.6) is 0 Å². The molecule has 0 aromatic heterocycles. The third-order valence-electron chi connectivity index (χ3n) is 3.79. The van der Waals surface area contributed by atoms with Gasteiger partial charge in [-0.05, 0) is 37.5 Å². The lowest BCUT2D eigenvalue weighted by atomic mass is 9.77. The zero-order chi connectivity index (χ0) is 14.9. The van der Waals surface area contributed by atoms with Crippen LogP contribution in [-0.2, 0) is 0 Å². The summed E-state index contributed by atoms with van der Waals surface area (Å²) in [5.41, 5.74) is 5.31. The molecule has 0 spiro atoms. The van der Waals surface area contributed by atoms with Crippen LogP contribution in [0.3, 0.4) is 0 Å². The van der Waals surface area contributed by atoms with Crippen LogP contribution in [0.15, 0.2) is 18.2 Å². The van der Waals surface area contributed by atoms with E-state index in [-0.39, 0.29) is 24.1 Å². The average Bonchev–Trinajstić information content (AvgIpc) is 2.40. The molecule has 2 atom stereocenters. The van der Waals surface area contributed by atoms with E-state index in [2.05, 4.69) is 0 Å². The van der Waals surface area contributed by atoms with Crippen molar-refractivity contribution in [3.05, 3.63) is 29.6 Å². The van der Waals surface area contributed by atoms with Crippen molar-refractivity contribution in [3.8, 4) is 0 Å². The number of carbonyl (C=O) groups is 1. The van der Waals surface area contributed by atoms with Gasteiger partial charge >= 0.3 is 6.18 Å². The van der Waals surface area contributed by atoms with Gasteiger partial charge in [0.05, 0.1) is 11.6 Å². The van der Waals surface area contributed by atoms with E-state index in [9.17, 15) is 22.4 Å². The second-order valence-corrected chi connectivity index (χ2v) is 5.20. The van der Waals surface area contributed by atoms with Crippen molar-refractivity contribution >= 4 is 11.5 Å². The zero-order valence-electron chi connectivity index (χ0n) is 10.7. The van der Waals surface area contributed by atoms with E-state index in [1.54, 1.807) is 0 Å². The van der Waals surface area contributed by atoms with Gasteiger partial charge in [-0.1, -0.05) is 6.42 Å². The molecular weight excluding hydrogens is 274 g/mol. The number of hydrogen-bond acceptors (Lipinski definition) is 2. The monoisotopic (exact) mass is 289 g/mol. The first-order valence-corrected chi connectivity index (χ1v) is 6.45. The highest BCUT2D eigenvalue weighted by Gasteiger charge is 2.43. The number of Topliss-reactive ketones (excluding diaryl/α,β-unsaturated/α-hetero) is 1. The average molecular weight is 289 g/mol. The summed E-state index contributed by atoms with van der Waals surface area (Å²) in [6, 6.07) is 3.61. The second kappa shape index (κ2) is 5.42. The summed E-state index contributed by atoms with van der Waals surface area (Å²) in [7, 11) is 0. The highest BCUT2D eigenvalue weighted by atomic mass is 19.4. The Morgan fingerprint density at radius 3 is 2.55 bits per heavy atom. The quantitative estimate of drug-likeness (QED) is 0.509. The van der Waals surface area contributed by atoms with Gasteiger partial charge < -0.3 is 5.73 Å². The number of nitrogens with two attached hydrogens (primary N) is 1. The minimum absolute atomic E-state index is 0.0589. The van der Waals surface area contributed by atoms with Crippen LogP contribution in [0, 0.1) is 17.7 Å². The molecule has 1 aliphatic rings. The standard InChI is InChI=1S/C14H15F4NO/c15-11-7-9(4-5-12(11)19)13(20)8-2-1-3-10(6-8)14(16,17)18/h4-5,7-8,10H,1-3,6,19H2. The van der Waals surface area contributed by atoms with Crippen molar-refractivity contribution < 1.29 is 22.4 Å². The maximum atomic E-state index is 13.3. The summed E-state index contributed by atoms with van der Waals surface area (Å²) in [5.74, 6) is -3.29. The van der Waals surface area contributed by atoms with E-state index in [4.69, 9.17) is 5.73 Å². The summed E-state index contributed by atoms with van der Waals surface area (Å²) in [5, 5.41) is 0. The molecule has 0 heterocycles. The molecule has 1 aliphatic carbocycles. The van der Waals surface area contributed by atoms with Crippen LogP contribution in [0.25, 0.3) is 0 Å². The molecule has 2 unspecified atom stereocenters. The Kier molecular flexibility index (Phi) is 4.01. The van der Waals surface area contributed by atoms with E-state index in [1.165, 1.54) is 12.1 Å². The molecule has 1 saturated carbocycles. The Bertz CT molecular complexity index is 512. The highest BCUT2D eigenvalue weighted by Crippen LogP contribution is 2.40. The highest BCUT2D eigenvalue weighted by molar-refractivity contribution is 5.98. The van der Waals surface area contributed by atoms with E-state index >= 15 is 0 Å². The molecule has 1 aromatic rings. The smallest absolute Gasteiger partial charge is 0.391 e. The first-order chi connectivity index (χ1) is 9.29. The van der Waals surface area contributed by atoms with Crippen molar-refractivity contribution in [3.63, 3.8) is 0 Å². The number of ketones is 1. The number of alkyl halides is 3. The van der Waals surface area contributed by atoms with Crippen LogP contribution in [-0.4, -0.2) is 12.0 Å². The molecule has 6 heteroatoms. The van der Waals surface area contributed by atoms with Crippen molar-refractivity contribution in [2.75, 3.05) is 5.73 Å². The summed E-state index contributed by atoms with van der Waals surface area (Å²) in [6.45, 7) is 0. The van der Waals surface area contributed by atoms with Crippen LogP contribution in [0.1, 0.15) is 36.0 Å². The maximum Gasteiger partial charge on any atom is 0.391 e. The summed E-state index contributed by atoms with van der Waals surface area (Å²) < 4.78 is 51.4. The molecular formula is C14H15F4NO. The molecule has 20 heavy (non-hydrogen) atoms. The summed E-state index contributed by atoms with van der Waals surface area (Å²) >= 11 is 0. The topological polar surface area (TPSA) is 43.1 Å². The van der Waals surface area contributed by atoms with Gasteiger partial charge in [-0.25, -0.2) is 4.39 Å². The molecule has 2 rings (SSSR count). The fourth-order valence-corrected chi connectivity index (χ4v) is 2.64. The number of nitrogen functional groups attached to an aromatic ring is 1. The molecule has 110 valence electrons. The van der Waals surface area contributed by atoms with Gasteiger partial charge in [0.25, 0.3) is 0 Å². The number of hydrogen-bond donors (Lipinski definition) is 1. The molecule has 0 saturated heterocycles. The molecule has 1 fully saturated rings. The lowest BCUT2D eigenvalue weighted by Gasteiger charge is -2.29. The lowest BCUT2D eigenvalue weighted by molar-refractivity contribution is -0.184. The summed E-state index contributed by atoms with van der Waals surface area (Å²) in [4.78, 5) is 12.2. The number of benzene rings is 1. The molecule has 2 nitrogen and oxygen atoms in total. The Morgan fingerprint density at radius 1 is 1.25 bits per heavy atom. The summed E-state index contributed by atoms with van der Waals surface area (Å²) in [6.07, 6.45) is -3.65. The van der Waals surface area contributed by atoms with Crippen LogP contribution < -0.4 is 5.73 Å². The van der Waals surface area contributed by atoms with Gasteiger partial charge in [-0.2, -0.15) is 13.2 Å². The Labute approximate surface area is 114 Å². The molecule has 2 N–H and O–H groups in total. The van der Waals surface area contributed by atoms with Crippen LogP contribution in [0.2, 0.25) is 0 Å². The Morgan fingerprint density at radius 2 is 1.95 bits per heavy atom. The normalized spacial score (nSPS) is 23.6. The van der Waals surface area contributed by atoms with Crippen LogP contribution >= 0.6 is 0 Å². The van der Waals surface area contributed by atoms with Gasteiger partial charge in [0, 0.05) is 11.5 Å². The zero-order valence-corrected chi connectivity index (χ0v) is 10.7. The SMILES string of the molecule is Nc1ccc(C(=O)C2CCCC(C(F)(F)F)C2)cc1F. The van der Waals surface area contributed by atoms with Gasteiger partial charge in [0.1, 0.15) is 5.82 Å². The third kappa shape index (κ3) is 3.11. The van der Waals surface area contributed by atoms with E-state index in [0.717, 1.165) is 6.07 Å². The van der Waals surface area contributed by atoms with E-state index in [1.807, 2.05) is 0 Å². The number of rotatable bonds is 2. The van der Waals surface area contributed by atoms with E-state index < -0.39 is 29.6 Å². The Balaban J connectivity index is 2.14. The van der Waals surface area contributed by atoms with Gasteiger partial charge in [0.15, 0.2) is 5.78 Å². The largest absolute Gasteiger partial charge is 0.396 e. The van der Waals surface area contributed by atoms with Gasteiger partial charge in [-0.15, -0.1) is 0 Å². The molecule has 0 amide bonds. The van der Waals surface area contributed by atoms with Crippen LogP contribution in [0.4, 0.5) is 23.2 Å². The van der Waals surface area contributed by atoms with E-state index in [0.29, 0.717) is 12.8 Å². The maximum absolute atomic E-state index is 13.3. The number of anilines is 1. The van der Waals surface area contributed by atoms with Crippen molar-refractivity contribution in [1.29, 1.82) is 0 Å². The molecule has 1 aromatic carbocycles. The first kappa shape index (κ1) is 14.8. The molecule has 0 radical (unpaired) electrons. The Hall–Kier alpha value is -1.59. The van der Waals surface area contributed by atoms with Gasteiger partial charge in [-0.3, -0.25) is 4.79 Å². The first-order valence-electron chi connectivity index (χ1n) is 6.45. The van der Waals surface area contributed by atoms with Crippen molar-refractivity contribution in [2.45, 2.75) is 31.9 Å². The number of carbonyl (C=O) groups excluding carboxylic acids is 1.